The van der Waals surface area contributed by atoms with E-state index in [1.807, 2.05) is 30.3 Å². The third kappa shape index (κ3) is 4.26. The molecule has 2 N–H and O–H groups in total. The number of benzene rings is 2. The zero-order chi connectivity index (χ0) is 20.3. The predicted octanol–water partition coefficient (Wildman–Crippen LogP) is 3.37. The van der Waals surface area contributed by atoms with Gasteiger partial charge < -0.3 is 5.11 Å². The Morgan fingerprint density at radius 2 is 1.64 bits per heavy atom. The molecule has 1 unspecified atom stereocenters. The number of carbonyl (C=O) groups excluding carboxylic acids is 1. The molecule has 0 saturated heterocycles. The number of carboxylic acids is 1. The van der Waals surface area contributed by atoms with Gasteiger partial charge in [0, 0.05) is 11.1 Å². The van der Waals surface area contributed by atoms with Crippen LogP contribution in [0.5, 0.6) is 0 Å². The van der Waals surface area contributed by atoms with E-state index in [2.05, 4.69) is 9.71 Å². The minimum atomic E-state index is -3.86. The van der Waals surface area contributed by atoms with Crippen molar-refractivity contribution >= 4 is 38.2 Å². The highest BCUT2D eigenvalue weighted by Gasteiger charge is 2.25. The number of hydrogen-bond donors (Lipinski definition) is 2. The van der Waals surface area contributed by atoms with Gasteiger partial charge in [-0.1, -0.05) is 42.5 Å². The van der Waals surface area contributed by atoms with Gasteiger partial charge in [0.1, 0.15) is 0 Å². The molecule has 7 nitrogen and oxygen atoms in total. The minimum absolute atomic E-state index is 0.0622. The van der Waals surface area contributed by atoms with Crippen LogP contribution in [0, 0.1) is 0 Å². The van der Waals surface area contributed by atoms with E-state index in [0.29, 0.717) is 4.88 Å². The largest absolute Gasteiger partial charge is 0.475 e. The highest BCUT2D eigenvalue weighted by atomic mass is 32.2. The molecule has 0 aliphatic rings. The first-order valence-corrected chi connectivity index (χ1v) is 10.5. The Labute approximate surface area is 165 Å². The lowest BCUT2D eigenvalue weighted by molar-refractivity contribution is -0.149. The van der Waals surface area contributed by atoms with E-state index in [1.54, 1.807) is 12.1 Å². The van der Waals surface area contributed by atoms with Gasteiger partial charge in [-0.15, -0.1) is 11.3 Å². The molecule has 0 saturated carbocycles. The van der Waals surface area contributed by atoms with Crippen LogP contribution < -0.4 is 4.72 Å². The summed E-state index contributed by atoms with van der Waals surface area (Å²) in [7, 11) is -3.86. The van der Waals surface area contributed by atoms with Crippen molar-refractivity contribution in [3.05, 3.63) is 65.7 Å². The van der Waals surface area contributed by atoms with Gasteiger partial charge >= 0.3 is 5.97 Å². The molecule has 0 radical (unpaired) electrons. The molecule has 9 heteroatoms. The lowest BCUT2D eigenvalue weighted by Crippen LogP contribution is -2.18. The summed E-state index contributed by atoms with van der Waals surface area (Å²) in [5.74, 6) is -3.42. The number of hydrogen-bond acceptors (Lipinski definition) is 6. The fourth-order valence-electron chi connectivity index (χ4n) is 2.48. The molecular formula is C19H16N2O5S2. The van der Waals surface area contributed by atoms with E-state index >= 15 is 0 Å². The highest BCUT2D eigenvalue weighted by molar-refractivity contribution is 7.93. The number of thiazole rings is 1. The number of nitrogens with one attached hydrogen (secondary N) is 1. The van der Waals surface area contributed by atoms with Crippen molar-refractivity contribution in [2.75, 3.05) is 4.72 Å². The zero-order valence-corrected chi connectivity index (χ0v) is 16.3. The van der Waals surface area contributed by atoms with Gasteiger partial charge in [0.05, 0.1) is 10.8 Å². The first kappa shape index (κ1) is 19.7. The van der Waals surface area contributed by atoms with Crippen LogP contribution in [0.3, 0.4) is 0 Å². The van der Waals surface area contributed by atoms with Gasteiger partial charge in [-0.05, 0) is 30.2 Å². The maximum atomic E-state index is 12.6. The molecule has 1 heterocycles. The summed E-state index contributed by atoms with van der Waals surface area (Å²) in [6, 6.07) is 16.0. The number of carbonyl (C=O) groups is 2. The van der Waals surface area contributed by atoms with E-state index in [9.17, 15) is 18.0 Å². The van der Waals surface area contributed by atoms with Crippen molar-refractivity contribution in [1.29, 1.82) is 0 Å². The Bertz CT molecular complexity index is 1110. The van der Waals surface area contributed by atoms with Crippen LogP contribution in [0.25, 0.3) is 11.1 Å². The molecule has 0 fully saturated rings. The summed E-state index contributed by atoms with van der Waals surface area (Å²) < 4.78 is 27.5. The van der Waals surface area contributed by atoms with Gasteiger partial charge in [-0.2, -0.15) is 0 Å². The molecule has 1 aromatic heterocycles. The zero-order valence-electron chi connectivity index (χ0n) is 14.7. The van der Waals surface area contributed by atoms with E-state index < -0.39 is 27.7 Å². The molecule has 28 heavy (non-hydrogen) atoms. The maximum Gasteiger partial charge on any atom is 0.372 e. The summed E-state index contributed by atoms with van der Waals surface area (Å²) in [5, 5.41) is 8.85. The second-order valence-electron chi connectivity index (χ2n) is 5.95. The van der Waals surface area contributed by atoms with E-state index in [1.165, 1.54) is 25.3 Å². The molecule has 3 rings (SSSR count). The summed E-state index contributed by atoms with van der Waals surface area (Å²) >= 11 is 0.923. The average Bonchev–Trinajstić information content (AvgIpc) is 3.15. The molecule has 0 aliphatic carbocycles. The van der Waals surface area contributed by atoms with Gasteiger partial charge in [0.15, 0.2) is 5.13 Å². The topological polar surface area (TPSA) is 113 Å². The van der Waals surface area contributed by atoms with E-state index in [-0.39, 0.29) is 10.0 Å². The van der Waals surface area contributed by atoms with Crippen LogP contribution in [0.15, 0.2) is 65.7 Å². The number of anilines is 1. The quantitative estimate of drug-likeness (QED) is 0.571. The number of aliphatic carboxylic acids is 1. The van der Waals surface area contributed by atoms with Gasteiger partial charge in [-0.3, -0.25) is 9.52 Å². The van der Waals surface area contributed by atoms with Crippen LogP contribution in [0.1, 0.15) is 17.7 Å². The number of carboxylic acid groups (broad SMARTS) is 1. The number of aromatic nitrogens is 1. The van der Waals surface area contributed by atoms with Gasteiger partial charge in [0.2, 0.25) is 5.78 Å². The minimum Gasteiger partial charge on any atom is -0.475 e. The fourth-order valence-corrected chi connectivity index (χ4v) is 4.59. The smallest absolute Gasteiger partial charge is 0.372 e. The van der Waals surface area contributed by atoms with Crippen molar-refractivity contribution in [3.63, 3.8) is 0 Å². The second-order valence-corrected chi connectivity index (χ2v) is 8.70. The molecule has 0 amide bonds. The van der Waals surface area contributed by atoms with Crippen molar-refractivity contribution in [1.82, 2.24) is 4.98 Å². The maximum absolute atomic E-state index is 12.6. The van der Waals surface area contributed by atoms with E-state index in [0.717, 1.165) is 22.5 Å². The van der Waals surface area contributed by atoms with Gasteiger partial charge in [0.25, 0.3) is 10.0 Å². The normalized spacial score (nSPS) is 12.3. The molecule has 0 bridgehead atoms. The molecule has 3 aromatic rings. The Hall–Kier alpha value is -3.04. The summed E-state index contributed by atoms with van der Waals surface area (Å²) in [6.45, 7) is 1.44. The third-order valence-electron chi connectivity index (χ3n) is 4.05. The van der Waals surface area contributed by atoms with Crippen molar-refractivity contribution < 1.29 is 23.1 Å². The lowest BCUT2D eigenvalue weighted by Gasteiger charge is -2.07. The summed E-state index contributed by atoms with van der Waals surface area (Å²) in [4.78, 5) is 26.7. The van der Waals surface area contributed by atoms with Crippen LogP contribution in [-0.4, -0.2) is 30.3 Å². The van der Waals surface area contributed by atoms with Crippen molar-refractivity contribution in [2.45, 2.75) is 17.7 Å². The Morgan fingerprint density at radius 1 is 1.04 bits per heavy atom. The average molecular weight is 416 g/mol. The Balaban J connectivity index is 1.77. The number of Topliss-reactive ketones (excluding diaryl/α,β-unsaturated/α-hetero) is 1. The molecular weight excluding hydrogens is 400 g/mol. The highest BCUT2D eigenvalue weighted by Crippen LogP contribution is 2.28. The molecule has 0 aliphatic heterocycles. The second kappa shape index (κ2) is 7.91. The van der Waals surface area contributed by atoms with Crippen LogP contribution in [0.2, 0.25) is 0 Å². The van der Waals surface area contributed by atoms with Crippen molar-refractivity contribution in [3.8, 4) is 11.1 Å². The van der Waals surface area contributed by atoms with Crippen LogP contribution >= 0.6 is 11.3 Å². The number of rotatable bonds is 7. The molecule has 144 valence electrons. The van der Waals surface area contributed by atoms with Gasteiger partial charge in [-0.25, -0.2) is 18.2 Å². The van der Waals surface area contributed by atoms with Crippen LogP contribution in [0.4, 0.5) is 5.13 Å². The number of ketones is 1. The third-order valence-corrected chi connectivity index (χ3v) is 6.63. The number of nitrogens with zero attached hydrogens (tertiary/aromatic N) is 1. The summed E-state index contributed by atoms with van der Waals surface area (Å²) in [5.41, 5.74) is 1.86. The fraction of sp³-hybridized carbons (Fsp3) is 0.105. The first-order valence-electron chi connectivity index (χ1n) is 8.19. The number of sulfonamides is 1. The van der Waals surface area contributed by atoms with Crippen LogP contribution in [-0.2, 0) is 19.6 Å². The Kier molecular flexibility index (Phi) is 5.57. The SMILES string of the molecule is CC(C(=O)C(=O)O)c1cnc(NS(=O)(=O)c2ccc(-c3ccccc3)cc2)s1. The molecule has 1 atom stereocenters. The lowest BCUT2D eigenvalue weighted by atomic mass is 10.1. The molecule has 0 spiro atoms. The Morgan fingerprint density at radius 3 is 2.25 bits per heavy atom. The molecule has 2 aromatic carbocycles. The summed E-state index contributed by atoms with van der Waals surface area (Å²) in [6.07, 6.45) is 1.30. The standard InChI is InChI=1S/C19H16N2O5S2/c1-12(17(22)18(23)24)16-11-20-19(27-16)21-28(25,26)15-9-7-14(8-10-15)13-5-3-2-4-6-13/h2-12H,1H3,(H,20,21)(H,23,24). The monoisotopic (exact) mass is 416 g/mol. The van der Waals surface area contributed by atoms with E-state index in [4.69, 9.17) is 5.11 Å². The first-order chi connectivity index (χ1) is 13.3. The van der Waals surface area contributed by atoms with Crippen molar-refractivity contribution in [2.24, 2.45) is 0 Å². The predicted molar refractivity (Wildman–Crippen MR) is 106 cm³/mol.